The molecular weight excluding hydrogens is 403 g/mol. The number of nitrogens with one attached hydrogen (secondary N) is 2. The Kier molecular flexibility index (Phi) is 7.59. The third kappa shape index (κ3) is 6.48. The summed E-state index contributed by atoms with van der Waals surface area (Å²) < 4.78 is 19.8. The van der Waals surface area contributed by atoms with Gasteiger partial charge in [-0.15, -0.1) is 0 Å². The van der Waals surface area contributed by atoms with Crippen molar-refractivity contribution in [3.05, 3.63) is 58.3 Å². The minimum absolute atomic E-state index is 0.0892. The van der Waals surface area contributed by atoms with E-state index in [1.165, 1.54) is 6.07 Å². The molecule has 0 saturated heterocycles. The van der Waals surface area contributed by atoms with Gasteiger partial charge in [0.15, 0.2) is 6.61 Å². The van der Waals surface area contributed by atoms with Crippen LogP contribution in [0.1, 0.15) is 18.9 Å². The van der Waals surface area contributed by atoms with E-state index in [9.17, 15) is 14.0 Å². The van der Waals surface area contributed by atoms with Gasteiger partial charge in [0, 0.05) is 29.2 Å². The summed E-state index contributed by atoms with van der Waals surface area (Å²) in [5, 5.41) is 5.38. The summed E-state index contributed by atoms with van der Waals surface area (Å²) in [6.45, 7) is 2.28. The second kappa shape index (κ2) is 9.91. The lowest BCUT2D eigenvalue weighted by atomic mass is 10.1. The SMILES string of the molecule is CCNC(=O)COc1cccc(NC(=O)CCc2ccc(Br)cc2F)c1. The predicted molar refractivity (Wildman–Crippen MR) is 102 cm³/mol. The van der Waals surface area contributed by atoms with Crippen LogP contribution >= 0.6 is 15.9 Å². The van der Waals surface area contributed by atoms with Crippen molar-refractivity contribution in [2.45, 2.75) is 19.8 Å². The Hall–Kier alpha value is -2.41. The second-order valence-corrected chi connectivity index (χ2v) is 6.47. The molecule has 2 amide bonds. The first-order valence-corrected chi connectivity index (χ1v) is 9.00. The van der Waals surface area contributed by atoms with Gasteiger partial charge in [-0.1, -0.05) is 28.1 Å². The Labute approximate surface area is 160 Å². The van der Waals surface area contributed by atoms with E-state index in [-0.39, 0.29) is 30.7 Å². The number of aryl methyl sites for hydroxylation is 1. The van der Waals surface area contributed by atoms with E-state index in [0.717, 1.165) is 0 Å². The molecule has 0 radical (unpaired) electrons. The normalized spacial score (nSPS) is 10.3. The van der Waals surface area contributed by atoms with Crippen LogP contribution in [0.2, 0.25) is 0 Å². The molecule has 2 aromatic rings. The number of likely N-dealkylation sites (N-methyl/N-ethyl adjacent to an activating group) is 1. The number of amides is 2. The molecule has 138 valence electrons. The van der Waals surface area contributed by atoms with Gasteiger partial charge in [-0.2, -0.15) is 0 Å². The van der Waals surface area contributed by atoms with Gasteiger partial charge in [-0.3, -0.25) is 9.59 Å². The van der Waals surface area contributed by atoms with Gasteiger partial charge < -0.3 is 15.4 Å². The summed E-state index contributed by atoms with van der Waals surface area (Å²) in [6.07, 6.45) is 0.459. The molecule has 0 aromatic heterocycles. The molecular formula is C19H20BrFN2O3. The number of halogens is 2. The van der Waals surface area contributed by atoms with Crippen molar-refractivity contribution in [1.82, 2.24) is 5.32 Å². The summed E-state index contributed by atoms with van der Waals surface area (Å²) in [4.78, 5) is 23.5. The number of benzene rings is 2. The van der Waals surface area contributed by atoms with E-state index >= 15 is 0 Å². The number of carbonyl (C=O) groups excluding carboxylic acids is 2. The molecule has 5 nitrogen and oxygen atoms in total. The van der Waals surface area contributed by atoms with Gasteiger partial charge in [0.1, 0.15) is 11.6 Å². The van der Waals surface area contributed by atoms with Crippen molar-refractivity contribution in [2.24, 2.45) is 0 Å². The van der Waals surface area contributed by atoms with Crippen LogP contribution < -0.4 is 15.4 Å². The van der Waals surface area contributed by atoms with Crippen molar-refractivity contribution in [3.8, 4) is 5.75 Å². The lowest BCUT2D eigenvalue weighted by Crippen LogP contribution is -2.28. The number of rotatable bonds is 8. The summed E-state index contributed by atoms with van der Waals surface area (Å²) in [7, 11) is 0. The predicted octanol–water partition coefficient (Wildman–Crippen LogP) is 3.67. The van der Waals surface area contributed by atoms with Gasteiger partial charge in [0.2, 0.25) is 5.91 Å². The number of ether oxygens (including phenoxy) is 1. The van der Waals surface area contributed by atoms with Crippen LogP contribution in [0.5, 0.6) is 5.75 Å². The Balaban J connectivity index is 1.86. The third-order valence-corrected chi connectivity index (χ3v) is 3.99. The summed E-state index contributed by atoms with van der Waals surface area (Å²) in [5.41, 5.74) is 1.04. The van der Waals surface area contributed by atoms with Crippen LogP contribution in [-0.4, -0.2) is 25.0 Å². The van der Waals surface area contributed by atoms with Crippen molar-refractivity contribution >= 4 is 33.4 Å². The Bertz CT molecular complexity index is 783. The maximum absolute atomic E-state index is 13.8. The quantitative estimate of drug-likeness (QED) is 0.681. The Morgan fingerprint density at radius 2 is 1.96 bits per heavy atom. The van der Waals surface area contributed by atoms with Crippen molar-refractivity contribution in [1.29, 1.82) is 0 Å². The average molecular weight is 423 g/mol. The Morgan fingerprint density at radius 3 is 2.69 bits per heavy atom. The van der Waals surface area contributed by atoms with Gasteiger partial charge >= 0.3 is 0 Å². The molecule has 26 heavy (non-hydrogen) atoms. The zero-order chi connectivity index (χ0) is 18.9. The van der Waals surface area contributed by atoms with E-state index in [0.29, 0.717) is 34.4 Å². The van der Waals surface area contributed by atoms with Crippen LogP contribution in [0.15, 0.2) is 46.9 Å². The van der Waals surface area contributed by atoms with Crippen LogP contribution in [0, 0.1) is 5.82 Å². The highest BCUT2D eigenvalue weighted by Gasteiger charge is 2.08. The van der Waals surface area contributed by atoms with Gasteiger partial charge in [0.25, 0.3) is 5.91 Å². The number of hydrogen-bond acceptors (Lipinski definition) is 3. The molecule has 2 rings (SSSR count). The molecule has 0 bridgehead atoms. The van der Waals surface area contributed by atoms with Gasteiger partial charge in [0.05, 0.1) is 0 Å². The second-order valence-electron chi connectivity index (χ2n) is 5.55. The van der Waals surface area contributed by atoms with E-state index in [4.69, 9.17) is 4.74 Å². The summed E-state index contributed by atoms with van der Waals surface area (Å²) >= 11 is 3.20. The molecule has 0 aliphatic heterocycles. The number of carbonyl (C=O) groups is 2. The number of anilines is 1. The molecule has 2 aromatic carbocycles. The molecule has 0 saturated carbocycles. The minimum atomic E-state index is -0.340. The maximum atomic E-state index is 13.8. The molecule has 0 spiro atoms. The monoisotopic (exact) mass is 422 g/mol. The van der Waals surface area contributed by atoms with Gasteiger partial charge in [-0.25, -0.2) is 4.39 Å². The van der Waals surface area contributed by atoms with E-state index in [1.807, 2.05) is 6.92 Å². The highest BCUT2D eigenvalue weighted by Crippen LogP contribution is 2.19. The first-order valence-electron chi connectivity index (χ1n) is 8.21. The van der Waals surface area contributed by atoms with E-state index in [2.05, 4.69) is 26.6 Å². The van der Waals surface area contributed by atoms with Crippen LogP contribution in [-0.2, 0) is 16.0 Å². The molecule has 7 heteroatoms. The molecule has 0 unspecified atom stereocenters. The standard InChI is InChI=1S/C19H20BrFN2O3/c1-2-22-19(25)12-26-16-5-3-4-15(11-16)23-18(24)9-7-13-6-8-14(20)10-17(13)21/h3-6,8,10-11H,2,7,9,12H2,1H3,(H,22,25)(H,23,24). The third-order valence-electron chi connectivity index (χ3n) is 3.50. The van der Waals surface area contributed by atoms with Crippen LogP contribution in [0.3, 0.4) is 0 Å². The summed E-state index contributed by atoms with van der Waals surface area (Å²) in [5.74, 6) is -0.299. The first kappa shape index (κ1) is 19.9. The fourth-order valence-corrected chi connectivity index (χ4v) is 2.59. The lowest BCUT2D eigenvalue weighted by Gasteiger charge is -2.09. The fourth-order valence-electron chi connectivity index (χ4n) is 2.26. The van der Waals surface area contributed by atoms with Crippen molar-refractivity contribution in [2.75, 3.05) is 18.5 Å². The van der Waals surface area contributed by atoms with E-state index < -0.39 is 0 Å². The Morgan fingerprint density at radius 1 is 1.15 bits per heavy atom. The fraction of sp³-hybridized carbons (Fsp3) is 0.263. The highest BCUT2D eigenvalue weighted by atomic mass is 79.9. The molecule has 0 aliphatic carbocycles. The molecule has 0 heterocycles. The van der Waals surface area contributed by atoms with Crippen LogP contribution in [0.4, 0.5) is 10.1 Å². The molecule has 2 N–H and O–H groups in total. The first-order chi connectivity index (χ1) is 12.5. The topological polar surface area (TPSA) is 67.4 Å². The largest absolute Gasteiger partial charge is 0.484 e. The minimum Gasteiger partial charge on any atom is -0.484 e. The summed E-state index contributed by atoms with van der Waals surface area (Å²) in [6, 6.07) is 11.6. The van der Waals surface area contributed by atoms with Crippen molar-refractivity contribution < 1.29 is 18.7 Å². The smallest absolute Gasteiger partial charge is 0.257 e. The molecule has 0 atom stereocenters. The zero-order valence-electron chi connectivity index (χ0n) is 14.4. The molecule has 0 aliphatic rings. The highest BCUT2D eigenvalue weighted by molar-refractivity contribution is 9.10. The van der Waals surface area contributed by atoms with Crippen LogP contribution in [0.25, 0.3) is 0 Å². The average Bonchev–Trinajstić information content (AvgIpc) is 2.60. The maximum Gasteiger partial charge on any atom is 0.257 e. The lowest BCUT2D eigenvalue weighted by molar-refractivity contribution is -0.123. The molecule has 0 fully saturated rings. The van der Waals surface area contributed by atoms with Crippen molar-refractivity contribution in [3.63, 3.8) is 0 Å². The van der Waals surface area contributed by atoms with Gasteiger partial charge in [-0.05, 0) is 43.2 Å². The van der Waals surface area contributed by atoms with E-state index in [1.54, 1.807) is 36.4 Å². The number of hydrogen-bond donors (Lipinski definition) is 2. The zero-order valence-corrected chi connectivity index (χ0v) is 15.9.